The number of carbonyl (C=O) groups excluding carboxylic acids is 1. The topological polar surface area (TPSA) is 84.3 Å². The van der Waals surface area contributed by atoms with E-state index in [2.05, 4.69) is 10.3 Å². The summed E-state index contributed by atoms with van der Waals surface area (Å²) in [7, 11) is -1.73. The Labute approximate surface area is 184 Å². The zero-order valence-corrected chi connectivity index (χ0v) is 18.9. The summed E-state index contributed by atoms with van der Waals surface area (Å²) in [6.07, 6.45) is 6.37. The second-order valence-electron chi connectivity index (χ2n) is 6.98. The zero-order chi connectivity index (χ0) is 21.1. The zero-order valence-electron chi connectivity index (χ0n) is 16.4. The van der Waals surface area contributed by atoms with Crippen LogP contribution in [0.2, 0.25) is 0 Å². The number of hydrogen-bond acceptors (Lipinski definition) is 6. The van der Waals surface area contributed by atoms with E-state index in [1.54, 1.807) is 23.7 Å². The van der Waals surface area contributed by atoms with Gasteiger partial charge in [0.2, 0.25) is 10.0 Å². The van der Waals surface area contributed by atoms with Gasteiger partial charge in [-0.25, -0.2) is 13.4 Å². The van der Waals surface area contributed by atoms with Crippen LogP contribution >= 0.6 is 23.1 Å². The molecule has 1 aliphatic rings. The number of sulfonamides is 1. The molecule has 158 valence electrons. The van der Waals surface area contributed by atoms with Crippen molar-refractivity contribution in [1.29, 1.82) is 0 Å². The fourth-order valence-electron chi connectivity index (χ4n) is 3.26. The molecular formula is C20H22N4O3S3. The number of nitrogens with zero attached hydrogens (tertiary/aromatic N) is 3. The average molecular weight is 463 g/mol. The number of hydrogen-bond donors (Lipinski definition) is 1. The Morgan fingerprint density at radius 3 is 2.53 bits per heavy atom. The summed E-state index contributed by atoms with van der Waals surface area (Å²) in [5.41, 5.74) is 0.610. The molecule has 30 heavy (non-hydrogen) atoms. The van der Waals surface area contributed by atoms with Gasteiger partial charge in [-0.2, -0.15) is 4.31 Å². The first-order chi connectivity index (χ1) is 14.4. The maximum absolute atomic E-state index is 13.0. The van der Waals surface area contributed by atoms with E-state index >= 15 is 0 Å². The minimum atomic E-state index is -3.66. The van der Waals surface area contributed by atoms with Gasteiger partial charge < -0.3 is 9.88 Å². The van der Waals surface area contributed by atoms with Crippen molar-refractivity contribution in [1.82, 2.24) is 13.9 Å². The molecule has 0 saturated carbocycles. The predicted octanol–water partition coefficient (Wildman–Crippen LogP) is 4.06. The second-order valence-corrected chi connectivity index (χ2v) is 10.8. The summed E-state index contributed by atoms with van der Waals surface area (Å²) in [5, 5.41) is 5.34. The summed E-state index contributed by atoms with van der Waals surface area (Å²) in [6.45, 7) is 1.02. The van der Waals surface area contributed by atoms with Crippen molar-refractivity contribution in [2.24, 2.45) is 7.05 Å². The molecule has 2 aromatic heterocycles. The van der Waals surface area contributed by atoms with Crippen molar-refractivity contribution in [3.05, 3.63) is 53.0 Å². The van der Waals surface area contributed by atoms with E-state index in [0.717, 1.165) is 40.7 Å². The molecule has 7 nitrogen and oxygen atoms in total. The van der Waals surface area contributed by atoms with Gasteiger partial charge in [0, 0.05) is 43.1 Å². The lowest BCUT2D eigenvalue weighted by molar-refractivity contribution is 0.102. The molecule has 1 saturated heterocycles. The Morgan fingerprint density at radius 1 is 1.13 bits per heavy atom. The molecule has 0 aliphatic carbocycles. The Balaban J connectivity index is 1.47. The number of imidazole rings is 1. The van der Waals surface area contributed by atoms with Crippen LogP contribution in [0.1, 0.15) is 28.9 Å². The highest BCUT2D eigenvalue weighted by Crippen LogP contribution is 2.29. The first-order valence-corrected chi connectivity index (χ1v) is 12.7. The molecule has 0 atom stereocenters. The Kier molecular flexibility index (Phi) is 6.28. The third-order valence-electron chi connectivity index (χ3n) is 4.87. The maximum atomic E-state index is 13.0. The molecule has 0 unspecified atom stereocenters. The molecule has 10 heteroatoms. The van der Waals surface area contributed by atoms with Crippen molar-refractivity contribution in [2.75, 3.05) is 18.4 Å². The van der Waals surface area contributed by atoms with Gasteiger partial charge in [-0.05, 0) is 48.6 Å². The summed E-state index contributed by atoms with van der Waals surface area (Å²) < 4.78 is 29.4. The molecule has 3 aromatic rings. The van der Waals surface area contributed by atoms with Gasteiger partial charge in [-0.3, -0.25) is 4.79 Å². The van der Waals surface area contributed by atoms with Crippen LogP contribution in [0.5, 0.6) is 0 Å². The summed E-state index contributed by atoms with van der Waals surface area (Å²) >= 11 is 2.67. The molecule has 4 rings (SSSR count). The Hall–Kier alpha value is -2.14. The van der Waals surface area contributed by atoms with Gasteiger partial charge in [0.1, 0.15) is 9.77 Å². The van der Waals surface area contributed by atoms with Gasteiger partial charge in [-0.1, -0.05) is 18.2 Å². The number of nitrogens with one attached hydrogen (secondary N) is 1. The van der Waals surface area contributed by atoms with Crippen LogP contribution in [0.3, 0.4) is 0 Å². The van der Waals surface area contributed by atoms with Gasteiger partial charge >= 0.3 is 0 Å². The van der Waals surface area contributed by atoms with Crippen LogP contribution in [0, 0.1) is 0 Å². The van der Waals surface area contributed by atoms with Crippen LogP contribution in [0.4, 0.5) is 5.69 Å². The first-order valence-electron chi connectivity index (χ1n) is 9.59. The molecule has 3 heterocycles. The maximum Gasteiger partial charge on any atom is 0.267 e. The molecule has 1 N–H and O–H groups in total. The Morgan fingerprint density at radius 2 is 1.87 bits per heavy atom. The summed E-state index contributed by atoms with van der Waals surface area (Å²) in [6, 6.07) is 8.92. The smallest absolute Gasteiger partial charge is 0.267 e. The number of carbonyl (C=O) groups is 1. The highest BCUT2D eigenvalue weighted by Gasteiger charge is 2.31. The van der Waals surface area contributed by atoms with Crippen LogP contribution in [0.25, 0.3) is 0 Å². The highest BCUT2D eigenvalue weighted by atomic mass is 32.2. The number of aromatic nitrogens is 2. The van der Waals surface area contributed by atoms with Crippen molar-refractivity contribution in [3.8, 4) is 0 Å². The quantitative estimate of drug-likeness (QED) is 0.597. The van der Waals surface area contributed by atoms with E-state index in [1.165, 1.54) is 22.1 Å². The van der Waals surface area contributed by atoms with Gasteiger partial charge in [0.05, 0.1) is 0 Å². The Bertz CT molecular complexity index is 1130. The fourth-order valence-corrected chi connectivity index (χ4v) is 6.87. The lowest BCUT2D eigenvalue weighted by Crippen LogP contribution is -2.36. The summed E-state index contributed by atoms with van der Waals surface area (Å²) in [4.78, 5) is 18.4. The number of thiophene rings is 1. The first kappa shape index (κ1) is 21.1. The van der Waals surface area contributed by atoms with Crippen LogP contribution in [0.15, 0.2) is 63.1 Å². The fraction of sp³-hybridized carbons (Fsp3) is 0.300. The van der Waals surface area contributed by atoms with E-state index in [9.17, 15) is 13.2 Å². The normalized spacial score (nSPS) is 15.2. The van der Waals surface area contributed by atoms with Gasteiger partial charge in [0.15, 0.2) is 5.16 Å². The SMILES string of the molecule is Cn1ccnc1Sc1ccc(NC(=O)c2sccc2S(=O)(=O)N2CCCCC2)cc1. The third kappa shape index (κ3) is 4.46. The molecule has 0 bridgehead atoms. The number of benzene rings is 1. The minimum Gasteiger partial charge on any atom is -0.329 e. The van der Waals surface area contributed by atoms with Crippen molar-refractivity contribution >= 4 is 44.7 Å². The lowest BCUT2D eigenvalue weighted by atomic mass is 10.2. The number of rotatable bonds is 6. The second kappa shape index (κ2) is 8.93. The number of amides is 1. The van der Waals surface area contributed by atoms with E-state index in [4.69, 9.17) is 0 Å². The molecule has 1 amide bonds. The lowest BCUT2D eigenvalue weighted by Gasteiger charge is -2.25. The van der Waals surface area contributed by atoms with Crippen molar-refractivity contribution < 1.29 is 13.2 Å². The number of piperidine rings is 1. The average Bonchev–Trinajstić information content (AvgIpc) is 3.40. The summed E-state index contributed by atoms with van der Waals surface area (Å²) in [5.74, 6) is -0.412. The van der Waals surface area contributed by atoms with E-state index < -0.39 is 15.9 Å². The largest absolute Gasteiger partial charge is 0.329 e. The minimum absolute atomic E-state index is 0.0915. The molecular weight excluding hydrogens is 440 g/mol. The van der Waals surface area contributed by atoms with Crippen molar-refractivity contribution in [2.45, 2.75) is 34.2 Å². The molecule has 0 radical (unpaired) electrons. The molecule has 0 spiro atoms. The van der Waals surface area contributed by atoms with Crippen LogP contribution in [-0.4, -0.2) is 41.3 Å². The number of anilines is 1. The number of aryl methyl sites for hydroxylation is 1. The van der Waals surface area contributed by atoms with E-state index in [0.29, 0.717) is 18.8 Å². The van der Waals surface area contributed by atoms with Gasteiger partial charge in [-0.15, -0.1) is 11.3 Å². The molecule has 1 aliphatic heterocycles. The highest BCUT2D eigenvalue weighted by molar-refractivity contribution is 7.99. The molecule has 1 aromatic carbocycles. The van der Waals surface area contributed by atoms with E-state index in [-0.39, 0.29) is 9.77 Å². The van der Waals surface area contributed by atoms with E-state index in [1.807, 2.05) is 29.9 Å². The monoisotopic (exact) mass is 462 g/mol. The predicted molar refractivity (Wildman–Crippen MR) is 119 cm³/mol. The van der Waals surface area contributed by atoms with Crippen LogP contribution in [-0.2, 0) is 17.1 Å². The van der Waals surface area contributed by atoms with Gasteiger partial charge in [0.25, 0.3) is 5.91 Å². The molecule has 1 fully saturated rings. The van der Waals surface area contributed by atoms with Crippen molar-refractivity contribution in [3.63, 3.8) is 0 Å². The standard InChI is InChI=1S/C20H22N4O3S3/c1-23-13-10-21-20(23)29-16-7-5-15(6-8-16)22-19(25)18-17(9-14-28-18)30(26,27)24-11-3-2-4-12-24/h5-10,13-14H,2-4,11-12H2,1H3,(H,22,25). The third-order valence-corrected chi connectivity index (χ3v) is 8.93. The van der Waals surface area contributed by atoms with Crippen LogP contribution < -0.4 is 5.32 Å².